The van der Waals surface area contributed by atoms with E-state index >= 15 is 0 Å². The van der Waals surface area contributed by atoms with E-state index < -0.39 is 5.97 Å². The van der Waals surface area contributed by atoms with Gasteiger partial charge in [0.25, 0.3) is 0 Å². The first kappa shape index (κ1) is 14.2. The molecule has 0 amide bonds. The van der Waals surface area contributed by atoms with E-state index in [-0.39, 0.29) is 0 Å². The lowest BCUT2D eigenvalue weighted by atomic mass is 9.97. The Morgan fingerprint density at radius 3 is 2.65 bits per heavy atom. The lowest BCUT2D eigenvalue weighted by Gasteiger charge is -2.25. The molecule has 0 spiro atoms. The molecule has 0 saturated carbocycles. The fourth-order valence-electron chi connectivity index (χ4n) is 1.95. The lowest BCUT2D eigenvalue weighted by Crippen LogP contribution is -2.27. The van der Waals surface area contributed by atoms with Crippen molar-refractivity contribution in [2.75, 3.05) is 13.2 Å². The number of hydrogen-bond donors (Lipinski definition) is 1. The summed E-state index contributed by atoms with van der Waals surface area (Å²) in [5.41, 5.74) is 0.591. The van der Waals surface area contributed by atoms with Crippen molar-refractivity contribution in [2.45, 2.75) is 51.9 Å². The highest BCUT2D eigenvalue weighted by Crippen LogP contribution is 2.20. The van der Waals surface area contributed by atoms with Gasteiger partial charge in [-0.2, -0.15) is 0 Å². The van der Waals surface area contributed by atoms with Crippen LogP contribution < -0.4 is 0 Å². The number of carboxylic acids is 1. The van der Waals surface area contributed by atoms with E-state index in [9.17, 15) is 4.79 Å². The third kappa shape index (κ3) is 5.87. The summed E-state index contributed by atoms with van der Waals surface area (Å²) < 4.78 is 5.09. The van der Waals surface area contributed by atoms with Crippen LogP contribution in [0.2, 0.25) is 0 Å². The highest BCUT2D eigenvalue weighted by Gasteiger charge is 2.19. The zero-order valence-corrected chi connectivity index (χ0v) is 10.8. The maximum Gasteiger partial charge on any atom is 0.331 e. The predicted octanol–water partition coefficient (Wildman–Crippen LogP) is 3.39. The fourth-order valence-corrected chi connectivity index (χ4v) is 1.95. The van der Waals surface area contributed by atoms with Crippen molar-refractivity contribution in [3.63, 3.8) is 0 Å². The van der Waals surface area contributed by atoms with Crippen molar-refractivity contribution in [3.8, 4) is 0 Å². The molecule has 3 nitrogen and oxygen atoms in total. The Balaban J connectivity index is 2.20. The molecule has 0 aromatic heterocycles. The molecule has 17 heavy (non-hydrogen) atoms. The third-order valence-electron chi connectivity index (χ3n) is 3.25. The zero-order valence-electron chi connectivity index (χ0n) is 10.8. The van der Waals surface area contributed by atoms with Crippen LogP contribution in [0.5, 0.6) is 0 Å². The molecule has 0 unspecified atom stereocenters. The third-order valence-corrected chi connectivity index (χ3v) is 3.25. The van der Waals surface area contributed by atoms with Gasteiger partial charge >= 0.3 is 5.97 Å². The predicted molar refractivity (Wildman–Crippen MR) is 68.0 cm³/mol. The van der Waals surface area contributed by atoms with Crippen LogP contribution in [-0.4, -0.2) is 24.3 Å². The smallest absolute Gasteiger partial charge is 0.331 e. The van der Waals surface area contributed by atoms with Crippen molar-refractivity contribution in [2.24, 2.45) is 5.92 Å². The Morgan fingerprint density at radius 1 is 1.35 bits per heavy atom. The first-order valence-electron chi connectivity index (χ1n) is 6.74. The number of hydrogen-bond acceptors (Lipinski definition) is 2. The van der Waals surface area contributed by atoms with Crippen molar-refractivity contribution in [1.29, 1.82) is 0 Å². The van der Waals surface area contributed by atoms with Gasteiger partial charge in [-0.1, -0.05) is 32.3 Å². The molecule has 3 heteroatoms. The van der Waals surface area contributed by atoms with Crippen LogP contribution in [0.4, 0.5) is 0 Å². The van der Waals surface area contributed by atoms with Gasteiger partial charge in [0.15, 0.2) is 0 Å². The Hall–Kier alpha value is -0.830. The summed E-state index contributed by atoms with van der Waals surface area (Å²) in [6.45, 7) is 3.80. The molecule has 1 heterocycles. The van der Waals surface area contributed by atoms with Crippen LogP contribution in [0.1, 0.15) is 51.9 Å². The summed E-state index contributed by atoms with van der Waals surface area (Å²) in [6, 6.07) is 0. The summed E-state index contributed by atoms with van der Waals surface area (Å²) in [5, 5.41) is 9.08. The SMILES string of the molecule is CCCCCCC=C(CCC1COC1)C(=O)O. The second-order valence-corrected chi connectivity index (χ2v) is 4.83. The average molecular weight is 240 g/mol. The molecule has 98 valence electrons. The van der Waals surface area contributed by atoms with Gasteiger partial charge in [-0.05, 0) is 25.7 Å². The van der Waals surface area contributed by atoms with E-state index in [1.165, 1.54) is 19.3 Å². The highest BCUT2D eigenvalue weighted by molar-refractivity contribution is 5.86. The summed E-state index contributed by atoms with van der Waals surface area (Å²) >= 11 is 0. The first-order valence-corrected chi connectivity index (χ1v) is 6.74. The van der Waals surface area contributed by atoms with Crippen LogP contribution in [0, 0.1) is 5.92 Å². The van der Waals surface area contributed by atoms with Gasteiger partial charge in [0, 0.05) is 11.5 Å². The van der Waals surface area contributed by atoms with Gasteiger partial charge in [-0.25, -0.2) is 4.79 Å². The standard InChI is InChI=1S/C14H24O3/c1-2-3-4-5-6-7-13(14(15)16)9-8-12-10-17-11-12/h7,12H,2-6,8-11H2,1H3,(H,15,16). The summed E-state index contributed by atoms with van der Waals surface area (Å²) in [5.74, 6) is -0.168. The summed E-state index contributed by atoms with van der Waals surface area (Å²) in [6.07, 6.45) is 9.24. The zero-order chi connectivity index (χ0) is 12.5. The van der Waals surface area contributed by atoms with Crippen LogP contribution in [0.25, 0.3) is 0 Å². The Morgan fingerprint density at radius 2 is 2.12 bits per heavy atom. The normalized spacial score (nSPS) is 16.9. The molecule has 1 saturated heterocycles. The second kappa shape index (κ2) is 8.29. The van der Waals surface area contributed by atoms with Gasteiger partial charge in [-0.3, -0.25) is 0 Å². The second-order valence-electron chi connectivity index (χ2n) is 4.83. The van der Waals surface area contributed by atoms with Gasteiger partial charge in [-0.15, -0.1) is 0 Å². The molecule has 0 atom stereocenters. The number of carbonyl (C=O) groups is 1. The monoisotopic (exact) mass is 240 g/mol. The molecule has 1 aliphatic rings. The molecule has 1 aliphatic heterocycles. The summed E-state index contributed by atoms with van der Waals surface area (Å²) in [4.78, 5) is 11.0. The Labute approximate surface area is 104 Å². The largest absolute Gasteiger partial charge is 0.478 e. The number of ether oxygens (including phenoxy) is 1. The highest BCUT2D eigenvalue weighted by atomic mass is 16.5. The summed E-state index contributed by atoms with van der Waals surface area (Å²) in [7, 11) is 0. The molecule has 1 N–H and O–H groups in total. The molecular weight excluding hydrogens is 216 g/mol. The van der Waals surface area contributed by atoms with Crippen LogP contribution in [0.15, 0.2) is 11.6 Å². The minimum atomic E-state index is -0.749. The minimum absolute atomic E-state index is 0.581. The molecule has 1 rings (SSSR count). The van der Waals surface area contributed by atoms with E-state index in [0.717, 1.165) is 32.5 Å². The Kier molecular flexibility index (Phi) is 6.94. The molecule has 0 aromatic carbocycles. The van der Waals surface area contributed by atoms with Crippen molar-refractivity contribution >= 4 is 5.97 Å². The van der Waals surface area contributed by atoms with Crippen molar-refractivity contribution in [1.82, 2.24) is 0 Å². The quantitative estimate of drug-likeness (QED) is 0.496. The van der Waals surface area contributed by atoms with Crippen molar-refractivity contribution < 1.29 is 14.6 Å². The lowest BCUT2D eigenvalue weighted by molar-refractivity contribution is -0.133. The topological polar surface area (TPSA) is 46.5 Å². The van der Waals surface area contributed by atoms with E-state index in [2.05, 4.69) is 6.92 Å². The van der Waals surface area contributed by atoms with Crippen LogP contribution in [-0.2, 0) is 9.53 Å². The van der Waals surface area contributed by atoms with E-state index in [0.29, 0.717) is 17.9 Å². The molecule has 0 aliphatic carbocycles. The van der Waals surface area contributed by atoms with Crippen LogP contribution in [0.3, 0.4) is 0 Å². The van der Waals surface area contributed by atoms with Gasteiger partial charge in [0.2, 0.25) is 0 Å². The number of aliphatic carboxylic acids is 1. The number of carboxylic acid groups (broad SMARTS) is 1. The maximum absolute atomic E-state index is 11.0. The molecule has 0 bridgehead atoms. The van der Waals surface area contributed by atoms with Crippen LogP contribution >= 0.6 is 0 Å². The molecular formula is C14H24O3. The average Bonchev–Trinajstić information content (AvgIpc) is 2.23. The van der Waals surface area contributed by atoms with Gasteiger partial charge in [0.1, 0.15) is 0 Å². The molecule has 0 radical (unpaired) electrons. The van der Waals surface area contributed by atoms with E-state index in [1.807, 2.05) is 6.08 Å². The van der Waals surface area contributed by atoms with Crippen molar-refractivity contribution in [3.05, 3.63) is 11.6 Å². The van der Waals surface area contributed by atoms with E-state index in [1.54, 1.807) is 0 Å². The first-order chi connectivity index (χ1) is 8.24. The van der Waals surface area contributed by atoms with Gasteiger partial charge < -0.3 is 9.84 Å². The minimum Gasteiger partial charge on any atom is -0.478 e. The number of rotatable bonds is 9. The number of unbranched alkanes of at least 4 members (excludes halogenated alkanes) is 4. The van der Waals surface area contributed by atoms with E-state index in [4.69, 9.17) is 9.84 Å². The Bertz CT molecular complexity index is 254. The fraction of sp³-hybridized carbons (Fsp3) is 0.786. The maximum atomic E-state index is 11.0. The number of allylic oxidation sites excluding steroid dienone is 1. The molecule has 1 fully saturated rings. The van der Waals surface area contributed by atoms with Gasteiger partial charge in [0.05, 0.1) is 13.2 Å². The molecule has 0 aromatic rings.